The third-order valence-electron chi connectivity index (χ3n) is 4.51. The highest BCUT2D eigenvalue weighted by Gasteiger charge is 2.39. The number of nitrogens with one attached hydrogen (secondary N) is 1. The van der Waals surface area contributed by atoms with Gasteiger partial charge in [-0.25, -0.2) is 0 Å². The van der Waals surface area contributed by atoms with Crippen LogP contribution in [0, 0.1) is 11.8 Å². The van der Waals surface area contributed by atoms with Gasteiger partial charge in [-0.15, -0.1) is 0 Å². The largest absolute Gasteiger partial charge is 0.326 e. The van der Waals surface area contributed by atoms with E-state index in [0.29, 0.717) is 5.92 Å². The number of rotatable bonds is 2. The molecule has 0 saturated heterocycles. The second-order valence-electron chi connectivity index (χ2n) is 6.01. The number of benzene rings is 2. The van der Waals surface area contributed by atoms with Gasteiger partial charge >= 0.3 is 0 Å². The molecular formula is C18H17NO. The second-order valence-corrected chi connectivity index (χ2v) is 6.01. The summed E-state index contributed by atoms with van der Waals surface area (Å²) in [6.45, 7) is 2.13. The van der Waals surface area contributed by atoms with Crippen molar-refractivity contribution in [2.45, 2.75) is 19.8 Å². The molecule has 0 aliphatic heterocycles. The van der Waals surface area contributed by atoms with Crippen LogP contribution in [0.5, 0.6) is 0 Å². The molecule has 2 aromatic carbocycles. The van der Waals surface area contributed by atoms with E-state index in [9.17, 15) is 4.79 Å². The molecule has 0 unspecified atom stereocenters. The SMILES string of the molecule is C[C@@H]1C[C@@H]1C(=O)Nc1ccc2c(c1)Cc1ccccc1-2. The Labute approximate surface area is 118 Å². The molecule has 1 saturated carbocycles. The molecule has 0 aromatic heterocycles. The number of hydrogen-bond donors (Lipinski definition) is 1. The lowest BCUT2D eigenvalue weighted by Crippen LogP contribution is -2.14. The van der Waals surface area contributed by atoms with Crippen molar-refractivity contribution in [3.63, 3.8) is 0 Å². The van der Waals surface area contributed by atoms with Crippen LogP contribution in [-0.4, -0.2) is 5.91 Å². The van der Waals surface area contributed by atoms with Gasteiger partial charge < -0.3 is 5.32 Å². The highest BCUT2D eigenvalue weighted by molar-refractivity contribution is 5.95. The van der Waals surface area contributed by atoms with E-state index < -0.39 is 0 Å². The molecule has 2 aliphatic rings. The molecule has 1 amide bonds. The van der Waals surface area contributed by atoms with Gasteiger partial charge in [-0.3, -0.25) is 4.79 Å². The summed E-state index contributed by atoms with van der Waals surface area (Å²) < 4.78 is 0. The summed E-state index contributed by atoms with van der Waals surface area (Å²) in [5.41, 5.74) is 6.25. The first kappa shape index (κ1) is 11.7. The van der Waals surface area contributed by atoms with E-state index in [1.165, 1.54) is 22.3 Å². The summed E-state index contributed by atoms with van der Waals surface area (Å²) in [6.07, 6.45) is 2.00. The molecule has 2 heteroatoms. The first-order valence-corrected chi connectivity index (χ1v) is 7.24. The fraction of sp³-hybridized carbons (Fsp3) is 0.278. The standard InChI is InChI=1S/C18H17NO/c1-11-8-17(11)18(20)19-14-6-7-16-13(10-14)9-12-4-2-3-5-15(12)16/h2-7,10-11,17H,8-9H2,1H3,(H,19,20)/t11-,17+/m1/s1. The van der Waals surface area contributed by atoms with E-state index in [0.717, 1.165) is 18.5 Å². The van der Waals surface area contributed by atoms with E-state index in [1.807, 2.05) is 6.07 Å². The van der Waals surface area contributed by atoms with Crippen LogP contribution in [0.1, 0.15) is 24.5 Å². The molecule has 2 nitrogen and oxygen atoms in total. The van der Waals surface area contributed by atoms with Gasteiger partial charge in [-0.1, -0.05) is 37.3 Å². The Morgan fingerprint density at radius 3 is 2.65 bits per heavy atom. The maximum atomic E-state index is 12.0. The van der Waals surface area contributed by atoms with Crippen LogP contribution in [0.2, 0.25) is 0 Å². The van der Waals surface area contributed by atoms with Gasteiger partial charge in [0.05, 0.1) is 0 Å². The first-order chi connectivity index (χ1) is 9.72. The van der Waals surface area contributed by atoms with Gasteiger partial charge in [0.2, 0.25) is 5.91 Å². The zero-order chi connectivity index (χ0) is 13.7. The number of amides is 1. The van der Waals surface area contributed by atoms with Crippen LogP contribution in [0.15, 0.2) is 42.5 Å². The monoisotopic (exact) mass is 263 g/mol. The van der Waals surface area contributed by atoms with Crippen molar-refractivity contribution < 1.29 is 4.79 Å². The molecule has 0 radical (unpaired) electrons. The Hall–Kier alpha value is -2.09. The summed E-state index contributed by atoms with van der Waals surface area (Å²) in [5.74, 6) is 0.946. The highest BCUT2D eigenvalue weighted by atomic mass is 16.2. The first-order valence-electron chi connectivity index (χ1n) is 7.24. The average molecular weight is 263 g/mol. The van der Waals surface area contributed by atoms with Gasteiger partial charge in [-0.05, 0) is 53.1 Å². The molecule has 100 valence electrons. The number of carbonyl (C=O) groups excluding carboxylic acids is 1. The van der Waals surface area contributed by atoms with E-state index in [4.69, 9.17) is 0 Å². The Morgan fingerprint density at radius 1 is 1.10 bits per heavy atom. The fourth-order valence-corrected chi connectivity index (χ4v) is 3.15. The predicted octanol–water partition coefficient (Wildman–Crippen LogP) is 3.85. The Morgan fingerprint density at radius 2 is 1.85 bits per heavy atom. The molecular weight excluding hydrogens is 246 g/mol. The molecule has 1 N–H and O–H groups in total. The fourth-order valence-electron chi connectivity index (χ4n) is 3.15. The molecule has 0 spiro atoms. The van der Waals surface area contributed by atoms with Crippen LogP contribution < -0.4 is 5.32 Å². The predicted molar refractivity (Wildman–Crippen MR) is 80.6 cm³/mol. The zero-order valence-electron chi connectivity index (χ0n) is 11.5. The van der Waals surface area contributed by atoms with Gasteiger partial charge in [0, 0.05) is 11.6 Å². The number of anilines is 1. The van der Waals surface area contributed by atoms with E-state index in [2.05, 4.69) is 48.6 Å². The van der Waals surface area contributed by atoms with E-state index in [-0.39, 0.29) is 11.8 Å². The van der Waals surface area contributed by atoms with Crippen molar-refractivity contribution >= 4 is 11.6 Å². The molecule has 20 heavy (non-hydrogen) atoms. The van der Waals surface area contributed by atoms with Gasteiger partial charge in [-0.2, -0.15) is 0 Å². The second kappa shape index (κ2) is 4.20. The third kappa shape index (κ3) is 1.83. The Bertz CT molecular complexity index is 704. The van der Waals surface area contributed by atoms with Crippen molar-refractivity contribution in [3.8, 4) is 11.1 Å². The van der Waals surface area contributed by atoms with Crippen LogP contribution in [0.4, 0.5) is 5.69 Å². The van der Waals surface area contributed by atoms with Gasteiger partial charge in [0.15, 0.2) is 0 Å². The minimum absolute atomic E-state index is 0.174. The lowest BCUT2D eigenvalue weighted by Gasteiger charge is -2.07. The lowest BCUT2D eigenvalue weighted by molar-refractivity contribution is -0.117. The summed E-state index contributed by atoms with van der Waals surface area (Å²) in [7, 11) is 0. The molecule has 0 heterocycles. The number of carbonyl (C=O) groups is 1. The van der Waals surface area contributed by atoms with Crippen molar-refractivity contribution in [2.75, 3.05) is 5.32 Å². The molecule has 4 rings (SSSR count). The van der Waals surface area contributed by atoms with Crippen molar-refractivity contribution in [3.05, 3.63) is 53.6 Å². The molecule has 0 bridgehead atoms. The molecule has 1 fully saturated rings. The van der Waals surface area contributed by atoms with E-state index >= 15 is 0 Å². The molecule has 2 atom stereocenters. The van der Waals surface area contributed by atoms with Crippen LogP contribution in [-0.2, 0) is 11.2 Å². The van der Waals surface area contributed by atoms with Crippen LogP contribution >= 0.6 is 0 Å². The van der Waals surface area contributed by atoms with Crippen molar-refractivity contribution in [1.29, 1.82) is 0 Å². The van der Waals surface area contributed by atoms with Crippen LogP contribution in [0.25, 0.3) is 11.1 Å². The van der Waals surface area contributed by atoms with Crippen molar-refractivity contribution in [1.82, 2.24) is 0 Å². The van der Waals surface area contributed by atoms with E-state index in [1.54, 1.807) is 0 Å². The smallest absolute Gasteiger partial charge is 0.227 e. The number of fused-ring (bicyclic) bond motifs is 3. The lowest BCUT2D eigenvalue weighted by atomic mass is 10.1. The average Bonchev–Trinajstić information content (AvgIpc) is 3.07. The van der Waals surface area contributed by atoms with Crippen molar-refractivity contribution in [2.24, 2.45) is 11.8 Å². The summed E-state index contributed by atoms with van der Waals surface area (Å²) >= 11 is 0. The van der Waals surface area contributed by atoms with Gasteiger partial charge in [0.1, 0.15) is 0 Å². The molecule has 2 aliphatic carbocycles. The highest BCUT2D eigenvalue weighted by Crippen LogP contribution is 2.40. The normalized spacial score (nSPS) is 22.1. The minimum Gasteiger partial charge on any atom is -0.326 e. The zero-order valence-corrected chi connectivity index (χ0v) is 11.5. The Balaban J connectivity index is 1.60. The van der Waals surface area contributed by atoms with Crippen LogP contribution in [0.3, 0.4) is 0 Å². The van der Waals surface area contributed by atoms with Gasteiger partial charge in [0.25, 0.3) is 0 Å². The third-order valence-corrected chi connectivity index (χ3v) is 4.51. The number of hydrogen-bond acceptors (Lipinski definition) is 1. The minimum atomic E-state index is 0.174. The quantitative estimate of drug-likeness (QED) is 0.747. The maximum absolute atomic E-state index is 12.0. The molecule has 2 aromatic rings. The topological polar surface area (TPSA) is 29.1 Å². The summed E-state index contributed by atoms with van der Waals surface area (Å²) in [4.78, 5) is 12.0. The summed E-state index contributed by atoms with van der Waals surface area (Å²) in [5, 5.41) is 3.05. The summed E-state index contributed by atoms with van der Waals surface area (Å²) in [6, 6.07) is 14.8. The Kier molecular flexibility index (Phi) is 2.46. The maximum Gasteiger partial charge on any atom is 0.227 e.